The van der Waals surface area contributed by atoms with Crippen molar-refractivity contribution in [2.24, 2.45) is 13.0 Å². The van der Waals surface area contributed by atoms with Crippen molar-refractivity contribution in [1.29, 1.82) is 0 Å². The molecule has 0 radical (unpaired) electrons. The van der Waals surface area contributed by atoms with Crippen LogP contribution in [-0.4, -0.2) is 45.7 Å². The third-order valence-corrected chi connectivity index (χ3v) is 4.19. The minimum absolute atomic E-state index is 0.00333. The highest BCUT2D eigenvalue weighted by atomic mass is 19.4. The van der Waals surface area contributed by atoms with Gasteiger partial charge in [0.1, 0.15) is 6.20 Å². The molecule has 0 saturated carbocycles. The van der Waals surface area contributed by atoms with Gasteiger partial charge in [-0.15, -0.1) is 0 Å². The molecule has 1 unspecified atom stereocenters. The molecule has 1 fully saturated rings. The zero-order chi connectivity index (χ0) is 19.0. The van der Waals surface area contributed by atoms with Gasteiger partial charge in [-0.3, -0.25) is 14.9 Å². The number of carbonyl (C=O) groups excluding carboxylic acids is 1. The van der Waals surface area contributed by atoms with Crippen LogP contribution in [0.3, 0.4) is 0 Å². The minimum atomic E-state index is -5.16. The van der Waals surface area contributed by atoms with Crippen molar-refractivity contribution in [2.75, 3.05) is 18.0 Å². The molecule has 12 heteroatoms. The number of anilines is 1. The summed E-state index contributed by atoms with van der Waals surface area (Å²) >= 11 is 0. The van der Waals surface area contributed by atoms with Gasteiger partial charge in [0.2, 0.25) is 11.6 Å². The van der Waals surface area contributed by atoms with Crippen molar-refractivity contribution in [3.05, 3.63) is 16.3 Å². The highest BCUT2D eigenvalue weighted by Crippen LogP contribution is 2.39. The minimum Gasteiger partial charge on any atom is -0.351 e. The Bertz CT molecular complexity index is 673. The lowest BCUT2D eigenvalue weighted by atomic mass is 9.91. The maximum Gasteiger partial charge on any atom is 0.449 e. The number of hydrogen-bond acceptors (Lipinski definition) is 5. The first-order valence-electron chi connectivity index (χ1n) is 7.32. The average molecular weight is 370 g/mol. The smallest absolute Gasteiger partial charge is 0.351 e. The molecule has 0 spiro atoms. The molecule has 0 amide bonds. The molecule has 1 atom stereocenters. The van der Waals surface area contributed by atoms with E-state index in [4.69, 9.17) is 0 Å². The monoisotopic (exact) mass is 370 g/mol. The van der Waals surface area contributed by atoms with Gasteiger partial charge in [-0.05, 0) is 6.42 Å². The first-order valence-corrected chi connectivity index (χ1v) is 7.32. The van der Waals surface area contributed by atoms with E-state index in [9.17, 15) is 36.9 Å². The van der Waals surface area contributed by atoms with Crippen molar-refractivity contribution in [1.82, 2.24) is 9.78 Å². The summed E-state index contributed by atoms with van der Waals surface area (Å²) < 4.78 is 66.5. The Hall–Kier alpha value is -2.27. The molecule has 1 aromatic rings. The second-order valence-corrected chi connectivity index (χ2v) is 5.84. The van der Waals surface area contributed by atoms with E-state index in [0.29, 0.717) is 0 Å². The predicted octanol–water partition coefficient (Wildman–Crippen LogP) is 2.70. The number of aryl methyl sites for hydroxylation is 1. The fourth-order valence-electron chi connectivity index (χ4n) is 2.84. The Kier molecular flexibility index (Phi) is 5.00. The van der Waals surface area contributed by atoms with Crippen LogP contribution in [0.2, 0.25) is 0 Å². The lowest BCUT2D eigenvalue weighted by Gasteiger charge is -2.23. The maximum absolute atomic E-state index is 14.1. The number of Topliss-reactive ketones (excluding diaryl/α,β-unsaturated/α-hetero) is 1. The van der Waals surface area contributed by atoms with Crippen molar-refractivity contribution in [3.8, 4) is 0 Å². The summed E-state index contributed by atoms with van der Waals surface area (Å²) in [6.45, 7) is -0.449. The molecule has 0 aromatic carbocycles. The SMILES string of the molecule is Cn1ncc([N+](=O)[O-])c1N1CCC(CC(=O)C(F)(F)F)C(F)(F)CC1. The van der Waals surface area contributed by atoms with Crippen LogP contribution in [0.15, 0.2) is 6.20 Å². The maximum atomic E-state index is 14.1. The fraction of sp³-hybridized carbons (Fsp3) is 0.692. The number of carbonyl (C=O) groups is 1. The first-order chi connectivity index (χ1) is 11.4. The predicted molar refractivity (Wildman–Crippen MR) is 75.4 cm³/mol. The van der Waals surface area contributed by atoms with E-state index >= 15 is 0 Å². The molecule has 1 aliphatic rings. The molecule has 1 saturated heterocycles. The van der Waals surface area contributed by atoms with E-state index in [1.165, 1.54) is 11.9 Å². The molecule has 0 aliphatic carbocycles. The summed E-state index contributed by atoms with van der Waals surface area (Å²) in [5.74, 6) is -7.46. The van der Waals surface area contributed by atoms with Crippen LogP contribution < -0.4 is 4.90 Å². The number of hydrogen-bond donors (Lipinski definition) is 0. The summed E-state index contributed by atoms with van der Waals surface area (Å²) in [5.41, 5.74) is -0.379. The van der Waals surface area contributed by atoms with Gasteiger partial charge < -0.3 is 4.90 Å². The van der Waals surface area contributed by atoms with Crippen LogP contribution in [0.4, 0.5) is 33.5 Å². The van der Waals surface area contributed by atoms with E-state index in [-0.39, 0.29) is 24.6 Å². The van der Waals surface area contributed by atoms with Crippen molar-refractivity contribution < 1.29 is 31.7 Å². The van der Waals surface area contributed by atoms with Gasteiger partial charge in [0.25, 0.3) is 5.92 Å². The molecule has 0 N–H and O–H groups in total. The van der Waals surface area contributed by atoms with Gasteiger partial charge in [0.15, 0.2) is 0 Å². The van der Waals surface area contributed by atoms with Crippen LogP contribution in [-0.2, 0) is 11.8 Å². The lowest BCUT2D eigenvalue weighted by Crippen LogP contribution is -2.34. The quantitative estimate of drug-likeness (QED) is 0.462. The highest BCUT2D eigenvalue weighted by Gasteiger charge is 2.48. The van der Waals surface area contributed by atoms with Crippen LogP contribution in [0.5, 0.6) is 0 Å². The Morgan fingerprint density at radius 3 is 2.64 bits per heavy atom. The number of rotatable bonds is 4. The van der Waals surface area contributed by atoms with Gasteiger partial charge in [-0.2, -0.15) is 18.3 Å². The Morgan fingerprint density at radius 1 is 1.44 bits per heavy atom. The highest BCUT2D eigenvalue weighted by molar-refractivity contribution is 5.84. The molecule has 25 heavy (non-hydrogen) atoms. The second kappa shape index (κ2) is 6.56. The molecule has 140 valence electrons. The number of nitro groups is 1. The fourth-order valence-corrected chi connectivity index (χ4v) is 2.84. The van der Waals surface area contributed by atoms with Crippen LogP contribution in [0, 0.1) is 16.0 Å². The van der Waals surface area contributed by atoms with E-state index < -0.39 is 48.0 Å². The van der Waals surface area contributed by atoms with Crippen LogP contribution >= 0.6 is 0 Å². The molecule has 0 bridgehead atoms. The number of nitrogens with zero attached hydrogens (tertiary/aromatic N) is 4. The third kappa shape index (κ3) is 4.04. The molecular weight excluding hydrogens is 355 g/mol. The molecular formula is C13H15F5N4O3. The Balaban J connectivity index is 2.21. The Morgan fingerprint density at radius 2 is 2.08 bits per heavy atom. The summed E-state index contributed by atoms with van der Waals surface area (Å²) in [4.78, 5) is 22.7. The number of ketones is 1. The van der Waals surface area contributed by atoms with Crippen LogP contribution in [0.1, 0.15) is 19.3 Å². The second-order valence-electron chi connectivity index (χ2n) is 5.84. The van der Waals surface area contributed by atoms with Gasteiger partial charge in [0.05, 0.1) is 4.92 Å². The van der Waals surface area contributed by atoms with Gasteiger partial charge in [-0.25, -0.2) is 13.5 Å². The van der Waals surface area contributed by atoms with Crippen molar-refractivity contribution >= 4 is 17.3 Å². The standard InChI is InChI=1S/C13H15F5N4O3/c1-20-11(9(7-19-20)22(24)25)21-4-2-8(12(14,15)3-5-21)6-10(23)13(16,17)18/h7-8H,2-6H2,1H3. The zero-order valence-electron chi connectivity index (χ0n) is 13.1. The molecule has 7 nitrogen and oxygen atoms in total. The molecule has 2 rings (SSSR count). The number of aromatic nitrogens is 2. The van der Waals surface area contributed by atoms with E-state index in [0.717, 1.165) is 10.9 Å². The summed E-state index contributed by atoms with van der Waals surface area (Å²) in [6, 6.07) is 0. The molecule has 1 aromatic heterocycles. The average Bonchev–Trinajstić information content (AvgIpc) is 2.79. The topological polar surface area (TPSA) is 81.3 Å². The molecule has 1 aliphatic heterocycles. The molecule has 2 heterocycles. The van der Waals surface area contributed by atoms with Gasteiger partial charge >= 0.3 is 11.9 Å². The van der Waals surface area contributed by atoms with E-state index in [1.807, 2.05) is 0 Å². The van der Waals surface area contributed by atoms with Crippen molar-refractivity contribution in [3.63, 3.8) is 0 Å². The van der Waals surface area contributed by atoms with Gasteiger partial charge in [0, 0.05) is 38.9 Å². The summed E-state index contributed by atoms with van der Waals surface area (Å²) in [7, 11) is 1.40. The number of alkyl halides is 5. The summed E-state index contributed by atoms with van der Waals surface area (Å²) in [6.07, 6.45) is -6.72. The number of halogens is 5. The third-order valence-electron chi connectivity index (χ3n) is 4.19. The normalized spacial score (nSPS) is 21.0. The van der Waals surface area contributed by atoms with Crippen molar-refractivity contribution in [2.45, 2.75) is 31.4 Å². The first kappa shape index (κ1) is 19.1. The van der Waals surface area contributed by atoms with E-state index in [2.05, 4.69) is 5.10 Å². The Labute approximate surface area is 138 Å². The van der Waals surface area contributed by atoms with E-state index in [1.54, 1.807) is 0 Å². The van der Waals surface area contributed by atoms with Crippen LogP contribution in [0.25, 0.3) is 0 Å². The largest absolute Gasteiger partial charge is 0.449 e. The lowest BCUT2D eigenvalue weighted by molar-refractivity contribution is -0.384. The zero-order valence-corrected chi connectivity index (χ0v) is 13.1. The van der Waals surface area contributed by atoms with Gasteiger partial charge in [-0.1, -0.05) is 0 Å². The summed E-state index contributed by atoms with van der Waals surface area (Å²) in [5, 5.41) is 14.7.